The molecule has 0 unspecified atom stereocenters. The average molecular weight is 333 g/mol. The predicted molar refractivity (Wildman–Crippen MR) is 94.0 cm³/mol. The molecular formula is C18H27N3O3. The number of hydrogen-bond donors (Lipinski definition) is 1. The lowest BCUT2D eigenvalue weighted by atomic mass is 9.97. The summed E-state index contributed by atoms with van der Waals surface area (Å²) in [5.41, 5.74) is 1.13. The summed E-state index contributed by atoms with van der Waals surface area (Å²) in [7, 11) is 2.01. The molecule has 1 aliphatic rings. The lowest BCUT2D eigenvalue weighted by Gasteiger charge is -2.31. The average Bonchev–Trinajstić information content (AvgIpc) is 2.62. The van der Waals surface area contributed by atoms with Gasteiger partial charge in [0, 0.05) is 38.9 Å². The van der Waals surface area contributed by atoms with Crippen LogP contribution in [0, 0.1) is 5.92 Å². The highest BCUT2D eigenvalue weighted by Crippen LogP contribution is 2.18. The molecule has 0 aliphatic carbocycles. The van der Waals surface area contributed by atoms with E-state index in [1.54, 1.807) is 4.90 Å². The fourth-order valence-corrected chi connectivity index (χ4v) is 2.83. The van der Waals surface area contributed by atoms with Crippen molar-refractivity contribution in [2.45, 2.75) is 19.8 Å². The summed E-state index contributed by atoms with van der Waals surface area (Å²) >= 11 is 0. The lowest BCUT2D eigenvalue weighted by molar-refractivity contribution is -0.149. The van der Waals surface area contributed by atoms with E-state index in [1.807, 2.05) is 44.3 Å². The Morgan fingerprint density at radius 2 is 1.92 bits per heavy atom. The Balaban J connectivity index is 1.68. The predicted octanol–water partition coefficient (Wildman–Crippen LogP) is 2.11. The van der Waals surface area contributed by atoms with Crippen LogP contribution < -0.4 is 10.2 Å². The zero-order valence-corrected chi connectivity index (χ0v) is 14.5. The van der Waals surface area contributed by atoms with Gasteiger partial charge in [0.2, 0.25) is 0 Å². The number of hydrogen-bond acceptors (Lipinski definition) is 4. The zero-order chi connectivity index (χ0) is 17.4. The van der Waals surface area contributed by atoms with E-state index in [0.717, 1.165) is 12.2 Å². The van der Waals surface area contributed by atoms with Gasteiger partial charge in [0.25, 0.3) is 0 Å². The first kappa shape index (κ1) is 18.1. The third-order valence-electron chi connectivity index (χ3n) is 4.32. The summed E-state index contributed by atoms with van der Waals surface area (Å²) in [6, 6.07) is 10.0. The van der Waals surface area contributed by atoms with Gasteiger partial charge < -0.3 is 19.9 Å². The second kappa shape index (κ2) is 9.15. The number of piperidine rings is 1. The van der Waals surface area contributed by atoms with Crippen LogP contribution in [-0.4, -0.2) is 56.7 Å². The van der Waals surface area contributed by atoms with Gasteiger partial charge in [-0.15, -0.1) is 0 Å². The molecule has 0 spiro atoms. The van der Waals surface area contributed by atoms with E-state index in [-0.39, 0.29) is 17.9 Å². The number of rotatable bonds is 6. The van der Waals surface area contributed by atoms with Gasteiger partial charge in [-0.1, -0.05) is 18.2 Å². The molecule has 2 amide bonds. The third kappa shape index (κ3) is 5.15. The third-order valence-corrected chi connectivity index (χ3v) is 4.32. The van der Waals surface area contributed by atoms with E-state index in [1.165, 1.54) is 0 Å². The number of ether oxygens (including phenoxy) is 1. The van der Waals surface area contributed by atoms with Crippen LogP contribution in [-0.2, 0) is 9.53 Å². The molecule has 6 nitrogen and oxygen atoms in total. The molecule has 1 saturated heterocycles. The normalized spacial score (nSPS) is 15.0. The first-order valence-corrected chi connectivity index (χ1v) is 8.57. The highest BCUT2D eigenvalue weighted by molar-refractivity contribution is 5.76. The summed E-state index contributed by atoms with van der Waals surface area (Å²) in [4.78, 5) is 27.8. The molecule has 1 aromatic carbocycles. The van der Waals surface area contributed by atoms with Crippen molar-refractivity contribution in [2.24, 2.45) is 5.92 Å². The van der Waals surface area contributed by atoms with Gasteiger partial charge in [-0.2, -0.15) is 0 Å². The van der Waals surface area contributed by atoms with Crippen LogP contribution in [0.25, 0.3) is 0 Å². The van der Waals surface area contributed by atoms with Crippen LogP contribution >= 0.6 is 0 Å². The maximum Gasteiger partial charge on any atom is 0.317 e. The Morgan fingerprint density at radius 3 is 2.54 bits per heavy atom. The Kier molecular flexibility index (Phi) is 6.90. The van der Waals surface area contributed by atoms with Crippen molar-refractivity contribution in [3.05, 3.63) is 30.3 Å². The van der Waals surface area contributed by atoms with E-state index in [2.05, 4.69) is 10.2 Å². The highest BCUT2D eigenvalue weighted by atomic mass is 16.5. The van der Waals surface area contributed by atoms with Crippen molar-refractivity contribution in [1.29, 1.82) is 0 Å². The molecule has 2 rings (SSSR count). The monoisotopic (exact) mass is 333 g/mol. The van der Waals surface area contributed by atoms with Crippen molar-refractivity contribution in [1.82, 2.24) is 10.2 Å². The number of carbonyl (C=O) groups is 2. The molecule has 0 bridgehead atoms. The van der Waals surface area contributed by atoms with Crippen molar-refractivity contribution in [3.8, 4) is 0 Å². The van der Waals surface area contributed by atoms with Crippen molar-refractivity contribution in [2.75, 3.05) is 44.7 Å². The standard InChI is InChI=1S/C18H27N3O3/c1-3-24-17(22)15-9-12-21(13-10-15)18(23)19-11-14-20(2)16-7-5-4-6-8-16/h4-8,15H,3,9-14H2,1-2H3,(H,19,23). The smallest absolute Gasteiger partial charge is 0.317 e. The largest absolute Gasteiger partial charge is 0.466 e. The maximum atomic E-state index is 12.2. The van der Waals surface area contributed by atoms with Gasteiger partial charge >= 0.3 is 12.0 Å². The number of amides is 2. The Hall–Kier alpha value is -2.24. The summed E-state index contributed by atoms with van der Waals surface area (Å²) in [5, 5.41) is 2.95. The Labute approximate surface area is 143 Å². The van der Waals surface area contributed by atoms with Crippen LogP contribution in [0.4, 0.5) is 10.5 Å². The van der Waals surface area contributed by atoms with Gasteiger partial charge in [-0.25, -0.2) is 4.79 Å². The SMILES string of the molecule is CCOC(=O)C1CCN(C(=O)NCCN(C)c2ccccc2)CC1. The molecule has 0 atom stereocenters. The number of nitrogens with one attached hydrogen (secondary N) is 1. The number of anilines is 1. The fourth-order valence-electron chi connectivity index (χ4n) is 2.83. The molecule has 132 valence electrons. The quantitative estimate of drug-likeness (QED) is 0.810. The topological polar surface area (TPSA) is 61.9 Å². The molecular weight excluding hydrogens is 306 g/mol. The van der Waals surface area contributed by atoms with Crippen LogP contribution in [0.1, 0.15) is 19.8 Å². The summed E-state index contributed by atoms with van der Waals surface area (Å²) < 4.78 is 5.05. The minimum Gasteiger partial charge on any atom is -0.466 e. The van der Waals surface area contributed by atoms with Gasteiger partial charge in [0.1, 0.15) is 0 Å². The van der Waals surface area contributed by atoms with Gasteiger partial charge in [0.05, 0.1) is 12.5 Å². The summed E-state index contributed by atoms with van der Waals surface area (Å²) in [6.07, 6.45) is 1.35. The number of likely N-dealkylation sites (N-methyl/N-ethyl adjacent to an activating group) is 1. The minimum absolute atomic E-state index is 0.0567. The number of urea groups is 1. The van der Waals surface area contributed by atoms with Crippen molar-refractivity contribution >= 4 is 17.7 Å². The second-order valence-corrected chi connectivity index (χ2v) is 6.00. The van der Waals surface area contributed by atoms with Crippen molar-refractivity contribution in [3.63, 3.8) is 0 Å². The number of nitrogens with zero attached hydrogens (tertiary/aromatic N) is 2. The van der Waals surface area contributed by atoms with Crippen LogP contribution in [0.5, 0.6) is 0 Å². The molecule has 1 fully saturated rings. The first-order valence-electron chi connectivity index (χ1n) is 8.57. The molecule has 0 saturated carbocycles. The molecule has 1 aliphatic heterocycles. The maximum absolute atomic E-state index is 12.2. The highest BCUT2D eigenvalue weighted by Gasteiger charge is 2.27. The van der Waals surface area contributed by atoms with Gasteiger partial charge in [-0.3, -0.25) is 4.79 Å². The van der Waals surface area contributed by atoms with Crippen LogP contribution in [0.3, 0.4) is 0 Å². The number of esters is 1. The zero-order valence-electron chi connectivity index (χ0n) is 14.5. The second-order valence-electron chi connectivity index (χ2n) is 6.00. The number of benzene rings is 1. The van der Waals surface area contributed by atoms with E-state index < -0.39 is 0 Å². The fraction of sp³-hybridized carbons (Fsp3) is 0.556. The van der Waals surface area contributed by atoms with E-state index in [4.69, 9.17) is 4.74 Å². The molecule has 0 aromatic heterocycles. The Bertz CT molecular complexity index is 528. The van der Waals surface area contributed by atoms with Gasteiger partial charge in [-0.05, 0) is 31.9 Å². The van der Waals surface area contributed by atoms with Crippen LogP contribution in [0.15, 0.2) is 30.3 Å². The molecule has 1 N–H and O–H groups in total. The van der Waals surface area contributed by atoms with Gasteiger partial charge in [0.15, 0.2) is 0 Å². The molecule has 0 radical (unpaired) electrons. The van der Waals surface area contributed by atoms with E-state index in [0.29, 0.717) is 39.1 Å². The summed E-state index contributed by atoms with van der Waals surface area (Å²) in [5.74, 6) is -0.208. The number of likely N-dealkylation sites (tertiary alicyclic amines) is 1. The summed E-state index contributed by atoms with van der Waals surface area (Å²) in [6.45, 7) is 4.76. The molecule has 6 heteroatoms. The van der Waals surface area contributed by atoms with E-state index >= 15 is 0 Å². The minimum atomic E-state index is -0.137. The first-order chi connectivity index (χ1) is 11.6. The molecule has 1 heterocycles. The molecule has 24 heavy (non-hydrogen) atoms. The lowest BCUT2D eigenvalue weighted by Crippen LogP contribution is -2.47. The Morgan fingerprint density at radius 1 is 1.25 bits per heavy atom. The van der Waals surface area contributed by atoms with E-state index in [9.17, 15) is 9.59 Å². The van der Waals surface area contributed by atoms with Crippen molar-refractivity contribution < 1.29 is 14.3 Å². The van der Waals surface area contributed by atoms with Crippen LogP contribution in [0.2, 0.25) is 0 Å². The number of carbonyl (C=O) groups excluding carboxylic acids is 2. The number of para-hydroxylation sites is 1. The molecule has 1 aromatic rings.